The Hall–Kier alpha value is -2.32. The van der Waals surface area contributed by atoms with Gasteiger partial charge < -0.3 is 24.2 Å². The molecule has 33 heavy (non-hydrogen) atoms. The normalized spacial score (nSPS) is 38.8. The van der Waals surface area contributed by atoms with Crippen molar-refractivity contribution in [2.24, 2.45) is 5.41 Å². The average molecular weight is 459 g/mol. The molecule has 1 saturated carbocycles. The largest absolute Gasteiger partial charge is 0.497 e. The molecule has 6 atom stereocenters. The molecule has 5 rings (SSSR count). The van der Waals surface area contributed by atoms with Gasteiger partial charge in [-0.05, 0) is 50.4 Å². The quantitative estimate of drug-likeness (QED) is 0.684. The number of nitrogens with zero attached hydrogens (tertiary/aromatic N) is 2. The Morgan fingerprint density at radius 3 is 2.58 bits per heavy atom. The number of carbonyl (C=O) groups excluding carboxylic acids is 2. The van der Waals surface area contributed by atoms with E-state index in [-0.39, 0.29) is 6.04 Å². The first-order valence-electron chi connectivity index (χ1n) is 11.9. The molecule has 2 saturated heterocycles. The van der Waals surface area contributed by atoms with Crippen LogP contribution in [0.5, 0.6) is 5.75 Å². The smallest absolute Gasteiger partial charge is 0.344 e. The second kappa shape index (κ2) is 7.34. The first-order valence-corrected chi connectivity index (χ1v) is 11.9. The van der Waals surface area contributed by atoms with Gasteiger partial charge >= 0.3 is 11.9 Å². The lowest BCUT2D eigenvalue weighted by Crippen LogP contribution is -2.82. The Morgan fingerprint density at radius 2 is 1.94 bits per heavy atom. The lowest BCUT2D eigenvalue weighted by molar-refractivity contribution is -0.237. The summed E-state index contributed by atoms with van der Waals surface area (Å²) in [5, 5.41) is 12.5. The molecular weight excluding hydrogens is 424 g/mol. The second-order valence-electron chi connectivity index (χ2n) is 10.1. The van der Waals surface area contributed by atoms with Crippen LogP contribution in [0.2, 0.25) is 0 Å². The molecule has 3 fully saturated rings. The minimum Gasteiger partial charge on any atom is -0.497 e. The van der Waals surface area contributed by atoms with Crippen molar-refractivity contribution < 1.29 is 28.9 Å². The summed E-state index contributed by atoms with van der Waals surface area (Å²) < 4.78 is 16.7. The highest BCUT2D eigenvalue weighted by Crippen LogP contribution is 2.68. The Labute approximate surface area is 194 Å². The summed E-state index contributed by atoms with van der Waals surface area (Å²) in [6, 6.07) is 5.41. The SMILES string of the molecule is CC[C@]12CCN3CCC[C@@]4(c5ccc(OC)cc5N(C)[C@H]4[C@@](O)(C(=O)OC)[C@@H]1OC(C)=O)[C@@H]32. The predicted molar refractivity (Wildman–Crippen MR) is 121 cm³/mol. The fourth-order valence-corrected chi connectivity index (χ4v) is 8.15. The van der Waals surface area contributed by atoms with Crippen LogP contribution in [-0.2, 0) is 24.5 Å². The third-order valence-corrected chi connectivity index (χ3v) is 9.05. The van der Waals surface area contributed by atoms with Gasteiger partial charge in [0.15, 0.2) is 6.10 Å². The number of fused-ring (bicyclic) bond motifs is 1. The van der Waals surface area contributed by atoms with E-state index in [2.05, 4.69) is 17.9 Å². The molecule has 3 aliphatic heterocycles. The zero-order chi connectivity index (χ0) is 23.8. The molecule has 4 aliphatic rings. The number of piperidine rings is 1. The van der Waals surface area contributed by atoms with Crippen molar-refractivity contribution in [1.29, 1.82) is 0 Å². The van der Waals surface area contributed by atoms with Crippen molar-refractivity contribution >= 4 is 17.6 Å². The highest BCUT2D eigenvalue weighted by atomic mass is 16.6. The first-order chi connectivity index (χ1) is 15.7. The molecule has 3 heterocycles. The lowest BCUT2D eigenvalue weighted by atomic mass is 9.46. The van der Waals surface area contributed by atoms with Gasteiger partial charge in [-0.1, -0.05) is 13.0 Å². The molecule has 180 valence electrons. The van der Waals surface area contributed by atoms with Crippen molar-refractivity contribution in [3.05, 3.63) is 23.8 Å². The van der Waals surface area contributed by atoms with E-state index in [1.807, 2.05) is 24.1 Å². The van der Waals surface area contributed by atoms with E-state index >= 15 is 0 Å². The summed E-state index contributed by atoms with van der Waals surface area (Å²) in [6.07, 6.45) is 2.20. The molecule has 1 spiro atoms. The number of esters is 2. The highest BCUT2D eigenvalue weighted by Gasteiger charge is 2.80. The molecule has 8 heteroatoms. The van der Waals surface area contributed by atoms with Crippen molar-refractivity contribution in [2.75, 3.05) is 39.3 Å². The summed E-state index contributed by atoms with van der Waals surface area (Å²) in [5.74, 6) is -0.536. The average Bonchev–Trinajstić information content (AvgIpc) is 3.32. The van der Waals surface area contributed by atoms with Crippen molar-refractivity contribution in [2.45, 2.75) is 68.7 Å². The van der Waals surface area contributed by atoms with Crippen LogP contribution in [-0.4, -0.2) is 80.1 Å². The molecule has 1 aliphatic carbocycles. The predicted octanol–water partition coefficient (Wildman–Crippen LogP) is 1.87. The van der Waals surface area contributed by atoms with E-state index in [4.69, 9.17) is 14.2 Å². The van der Waals surface area contributed by atoms with Crippen molar-refractivity contribution in [1.82, 2.24) is 4.90 Å². The fourth-order valence-electron chi connectivity index (χ4n) is 8.15. The Kier molecular flexibility index (Phi) is 5.00. The van der Waals surface area contributed by atoms with Gasteiger partial charge in [-0.2, -0.15) is 0 Å². The molecule has 1 aromatic rings. The Balaban J connectivity index is 1.85. The van der Waals surface area contributed by atoms with Crippen LogP contribution in [0.15, 0.2) is 18.2 Å². The van der Waals surface area contributed by atoms with Crippen molar-refractivity contribution in [3.63, 3.8) is 0 Å². The van der Waals surface area contributed by atoms with Crippen LogP contribution in [0.4, 0.5) is 5.69 Å². The zero-order valence-corrected chi connectivity index (χ0v) is 20.1. The van der Waals surface area contributed by atoms with E-state index in [0.717, 1.165) is 49.4 Å². The van der Waals surface area contributed by atoms with Crippen LogP contribution in [0.25, 0.3) is 0 Å². The minimum atomic E-state index is -2.03. The van der Waals surface area contributed by atoms with E-state index in [9.17, 15) is 14.7 Å². The van der Waals surface area contributed by atoms with E-state index < -0.39 is 40.5 Å². The molecule has 1 N–H and O–H groups in total. The molecular formula is C25H34N2O6. The van der Waals surface area contributed by atoms with Crippen LogP contribution in [0.1, 0.15) is 45.1 Å². The van der Waals surface area contributed by atoms with Gasteiger partial charge in [0.25, 0.3) is 0 Å². The monoisotopic (exact) mass is 458 g/mol. The van der Waals surface area contributed by atoms with Gasteiger partial charge in [0.1, 0.15) is 5.75 Å². The summed E-state index contributed by atoms with van der Waals surface area (Å²) in [6.45, 7) is 5.22. The van der Waals surface area contributed by atoms with Crippen molar-refractivity contribution in [3.8, 4) is 5.75 Å². The fraction of sp³-hybridized carbons (Fsp3) is 0.680. The second-order valence-corrected chi connectivity index (χ2v) is 10.1. The summed E-state index contributed by atoms with van der Waals surface area (Å²) in [5.41, 5.74) is -1.06. The standard InChI is InChI=1S/C25H34N2O6/c1-6-23-11-13-27-12-7-10-24(19(23)27)17-9-8-16(31-4)14-18(17)26(3)20(24)25(30,22(29)32-5)21(23)33-15(2)28/h8-9,14,19-21,30H,6-7,10-13H2,1-5H3/t19-,20+,21+,23+,24+,25-/m0/s1. The summed E-state index contributed by atoms with van der Waals surface area (Å²) >= 11 is 0. The van der Waals surface area contributed by atoms with E-state index in [1.54, 1.807) is 7.11 Å². The number of likely N-dealkylation sites (N-methyl/N-ethyl adjacent to an activating group) is 1. The van der Waals surface area contributed by atoms with E-state index in [0.29, 0.717) is 6.42 Å². The number of hydrogen-bond donors (Lipinski definition) is 1. The van der Waals surface area contributed by atoms with Gasteiger partial charge in [-0.3, -0.25) is 9.69 Å². The molecule has 0 radical (unpaired) electrons. The maximum absolute atomic E-state index is 13.5. The number of methoxy groups -OCH3 is 2. The minimum absolute atomic E-state index is 0.0279. The van der Waals surface area contributed by atoms with Crippen LogP contribution >= 0.6 is 0 Å². The van der Waals surface area contributed by atoms with Gasteiger partial charge in [0, 0.05) is 42.6 Å². The molecule has 0 aromatic heterocycles. The Morgan fingerprint density at radius 1 is 1.18 bits per heavy atom. The number of anilines is 1. The molecule has 1 aromatic carbocycles. The maximum atomic E-state index is 13.5. The number of benzene rings is 1. The maximum Gasteiger partial charge on any atom is 0.344 e. The third kappa shape index (κ3) is 2.54. The number of rotatable bonds is 4. The zero-order valence-electron chi connectivity index (χ0n) is 20.1. The van der Waals surface area contributed by atoms with Crippen LogP contribution in [0, 0.1) is 5.41 Å². The number of hydrogen-bond acceptors (Lipinski definition) is 8. The van der Waals surface area contributed by atoms with Crippen LogP contribution < -0.4 is 9.64 Å². The highest BCUT2D eigenvalue weighted by molar-refractivity contribution is 5.86. The van der Waals surface area contributed by atoms with Gasteiger partial charge in [0.2, 0.25) is 5.60 Å². The third-order valence-electron chi connectivity index (χ3n) is 9.05. The summed E-state index contributed by atoms with van der Waals surface area (Å²) in [7, 11) is 4.82. The number of carbonyl (C=O) groups is 2. The molecule has 8 nitrogen and oxygen atoms in total. The topological polar surface area (TPSA) is 88.5 Å². The molecule has 0 unspecified atom stereocenters. The molecule has 0 amide bonds. The first kappa shape index (κ1) is 22.5. The van der Waals surface area contributed by atoms with Gasteiger partial charge in [-0.25, -0.2) is 4.79 Å². The lowest BCUT2D eigenvalue weighted by Gasteiger charge is -2.64. The number of aliphatic hydroxyl groups is 1. The van der Waals surface area contributed by atoms with Gasteiger partial charge in [-0.15, -0.1) is 0 Å². The summed E-state index contributed by atoms with van der Waals surface area (Å²) in [4.78, 5) is 30.4. The number of ether oxygens (including phenoxy) is 3. The van der Waals surface area contributed by atoms with Gasteiger partial charge in [0.05, 0.1) is 20.3 Å². The Bertz CT molecular complexity index is 999. The molecule has 0 bridgehead atoms. The van der Waals surface area contributed by atoms with E-state index in [1.165, 1.54) is 14.0 Å². The van der Waals surface area contributed by atoms with Crippen LogP contribution in [0.3, 0.4) is 0 Å².